The first-order valence-corrected chi connectivity index (χ1v) is 5.17. The van der Waals surface area contributed by atoms with Gasteiger partial charge in [-0.15, -0.1) is 0 Å². The fourth-order valence-electron chi connectivity index (χ4n) is 1.38. The maximum atomic E-state index is 13.4. The maximum Gasteiger partial charge on any atom is 0.242 e. The largest absolute Gasteiger partial charge is 0.437 e. The first kappa shape index (κ1) is 12.3. The molecule has 0 saturated carbocycles. The van der Waals surface area contributed by atoms with Crippen molar-refractivity contribution in [3.63, 3.8) is 0 Å². The lowest BCUT2D eigenvalue weighted by Crippen LogP contribution is -1.96. The molecule has 0 amide bonds. The van der Waals surface area contributed by atoms with Crippen LogP contribution in [0.25, 0.3) is 0 Å². The van der Waals surface area contributed by atoms with Crippen LogP contribution in [0.4, 0.5) is 10.1 Å². The van der Waals surface area contributed by atoms with Crippen LogP contribution in [0.3, 0.4) is 0 Å². The Morgan fingerprint density at radius 2 is 2.00 bits per heavy atom. The number of nitriles is 2. The third-order valence-corrected chi connectivity index (χ3v) is 2.28. The molecule has 5 nitrogen and oxygen atoms in total. The van der Waals surface area contributed by atoms with Crippen LogP contribution in [0.1, 0.15) is 11.1 Å². The van der Waals surface area contributed by atoms with Crippen molar-refractivity contribution in [3.8, 4) is 23.8 Å². The number of nitrogens with zero attached hydrogens (tertiary/aromatic N) is 3. The van der Waals surface area contributed by atoms with Crippen molar-refractivity contribution in [2.75, 3.05) is 5.73 Å². The molecule has 6 heteroatoms. The average Bonchev–Trinajstić information content (AvgIpc) is 2.41. The Bertz CT molecular complexity index is 716. The molecule has 1 heterocycles. The molecular formula is C13H7FN4O. The van der Waals surface area contributed by atoms with Crippen LogP contribution in [0.15, 0.2) is 30.5 Å². The Morgan fingerprint density at radius 1 is 1.21 bits per heavy atom. The van der Waals surface area contributed by atoms with E-state index in [0.29, 0.717) is 5.56 Å². The molecule has 2 rings (SSSR count). The van der Waals surface area contributed by atoms with E-state index in [2.05, 4.69) is 4.98 Å². The van der Waals surface area contributed by atoms with E-state index in [4.69, 9.17) is 21.0 Å². The summed E-state index contributed by atoms with van der Waals surface area (Å²) in [6.45, 7) is 0. The van der Waals surface area contributed by atoms with Gasteiger partial charge < -0.3 is 10.5 Å². The summed E-state index contributed by atoms with van der Waals surface area (Å²) in [5.74, 6) is -0.448. The number of ether oxygens (including phenoxy) is 1. The second-order valence-corrected chi connectivity index (χ2v) is 3.59. The van der Waals surface area contributed by atoms with Crippen molar-refractivity contribution in [2.24, 2.45) is 0 Å². The molecular weight excluding hydrogens is 247 g/mol. The monoisotopic (exact) mass is 254 g/mol. The molecule has 0 bridgehead atoms. The van der Waals surface area contributed by atoms with E-state index in [1.165, 1.54) is 24.4 Å². The molecule has 0 aliphatic carbocycles. The van der Waals surface area contributed by atoms with Gasteiger partial charge in [-0.3, -0.25) is 0 Å². The SMILES string of the molecule is N#Cc1cnc(Oc2ccc(C#N)c(F)c2)c(N)c1. The van der Waals surface area contributed by atoms with Gasteiger partial charge in [0.1, 0.15) is 23.7 Å². The molecule has 0 saturated heterocycles. The zero-order valence-electron chi connectivity index (χ0n) is 9.59. The summed E-state index contributed by atoms with van der Waals surface area (Å²) in [6.07, 6.45) is 1.30. The summed E-state index contributed by atoms with van der Waals surface area (Å²) in [5, 5.41) is 17.3. The molecule has 0 atom stereocenters. The third-order valence-electron chi connectivity index (χ3n) is 2.28. The molecule has 0 radical (unpaired) electrons. The normalized spacial score (nSPS) is 9.42. The maximum absolute atomic E-state index is 13.4. The van der Waals surface area contributed by atoms with Gasteiger partial charge in [0, 0.05) is 12.3 Å². The number of nitrogens with two attached hydrogens (primary N) is 1. The number of halogens is 1. The van der Waals surface area contributed by atoms with E-state index in [1.54, 1.807) is 6.07 Å². The predicted octanol–water partition coefficient (Wildman–Crippen LogP) is 2.34. The highest BCUT2D eigenvalue weighted by Gasteiger charge is 2.08. The van der Waals surface area contributed by atoms with Crippen molar-refractivity contribution in [2.45, 2.75) is 0 Å². The average molecular weight is 254 g/mol. The van der Waals surface area contributed by atoms with E-state index in [-0.39, 0.29) is 22.9 Å². The highest BCUT2D eigenvalue weighted by Crippen LogP contribution is 2.26. The van der Waals surface area contributed by atoms with Crippen LogP contribution in [-0.4, -0.2) is 4.98 Å². The zero-order valence-corrected chi connectivity index (χ0v) is 9.59. The number of rotatable bonds is 2. The number of hydrogen-bond acceptors (Lipinski definition) is 5. The topological polar surface area (TPSA) is 95.7 Å². The van der Waals surface area contributed by atoms with Crippen molar-refractivity contribution in [3.05, 3.63) is 47.4 Å². The molecule has 2 aromatic rings. The summed E-state index contributed by atoms with van der Waals surface area (Å²) in [5.41, 5.74) is 6.05. The quantitative estimate of drug-likeness (QED) is 0.887. The molecule has 1 aromatic heterocycles. The van der Waals surface area contributed by atoms with E-state index < -0.39 is 5.82 Å². The van der Waals surface area contributed by atoms with Gasteiger partial charge in [-0.25, -0.2) is 9.37 Å². The van der Waals surface area contributed by atoms with Gasteiger partial charge in [-0.2, -0.15) is 10.5 Å². The van der Waals surface area contributed by atoms with Crippen LogP contribution < -0.4 is 10.5 Å². The van der Waals surface area contributed by atoms with Gasteiger partial charge in [-0.1, -0.05) is 0 Å². The van der Waals surface area contributed by atoms with Crippen LogP contribution in [0.2, 0.25) is 0 Å². The Balaban J connectivity index is 2.30. The highest BCUT2D eigenvalue weighted by molar-refractivity contribution is 5.53. The van der Waals surface area contributed by atoms with Gasteiger partial charge in [0.2, 0.25) is 5.88 Å². The van der Waals surface area contributed by atoms with Crippen LogP contribution >= 0.6 is 0 Å². The second-order valence-electron chi connectivity index (χ2n) is 3.59. The lowest BCUT2D eigenvalue weighted by Gasteiger charge is -2.07. The highest BCUT2D eigenvalue weighted by atomic mass is 19.1. The van der Waals surface area contributed by atoms with E-state index in [0.717, 1.165) is 6.07 Å². The molecule has 19 heavy (non-hydrogen) atoms. The van der Waals surface area contributed by atoms with Crippen LogP contribution in [-0.2, 0) is 0 Å². The first-order chi connectivity index (χ1) is 9.13. The fourth-order valence-corrected chi connectivity index (χ4v) is 1.38. The van der Waals surface area contributed by atoms with Crippen molar-refractivity contribution >= 4 is 5.69 Å². The molecule has 0 aliphatic heterocycles. The summed E-state index contributed by atoms with van der Waals surface area (Å²) in [7, 11) is 0. The van der Waals surface area contributed by atoms with Crippen molar-refractivity contribution in [1.82, 2.24) is 4.98 Å². The van der Waals surface area contributed by atoms with Crippen LogP contribution in [0, 0.1) is 28.5 Å². The van der Waals surface area contributed by atoms with E-state index in [9.17, 15) is 4.39 Å². The summed E-state index contributed by atoms with van der Waals surface area (Å²) in [6, 6.07) is 8.79. The van der Waals surface area contributed by atoms with Gasteiger partial charge in [0.25, 0.3) is 0 Å². The molecule has 1 aromatic carbocycles. The van der Waals surface area contributed by atoms with E-state index in [1.807, 2.05) is 6.07 Å². The van der Waals surface area contributed by atoms with Crippen LogP contribution in [0.5, 0.6) is 11.6 Å². The number of benzene rings is 1. The molecule has 0 aliphatic rings. The Kier molecular flexibility index (Phi) is 3.26. The van der Waals surface area contributed by atoms with Gasteiger partial charge in [0.15, 0.2) is 0 Å². The molecule has 0 unspecified atom stereocenters. The minimum absolute atomic E-state index is 0.0723. The zero-order chi connectivity index (χ0) is 13.8. The minimum Gasteiger partial charge on any atom is -0.437 e. The molecule has 0 fully saturated rings. The van der Waals surface area contributed by atoms with Gasteiger partial charge in [0.05, 0.1) is 16.8 Å². The Hall–Kier alpha value is -3.12. The Labute approximate surface area is 108 Å². The van der Waals surface area contributed by atoms with Gasteiger partial charge >= 0.3 is 0 Å². The number of hydrogen-bond donors (Lipinski definition) is 1. The number of nitrogen functional groups attached to an aromatic ring is 1. The standard InChI is InChI=1S/C13H7FN4O/c14-11-4-10(2-1-9(11)6-16)19-13-12(17)3-8(5-15)7-18-13/h1-4,7H,17H2. The lowest BCUT2D eigenvalue weighted by molar-refractivity contribution is 0.460. The first-order valence-electron chi connectivity index (χ1n) is 5.17. The smallest absolute Gasteiger partial charge is 0.242 e. The summed E-state index contributed by atoms with van der Waals surface area (Å²) in [4.78, 5) is 3.86. The molecule has 92 valence electrons. The minimum atomic E-state index is -0.688. The number of aromatic nitrogens is 1. The summed E-state index contributed by atoms with van der Waals surface area (Å²) >= 11 is 0. The predicted molar refractivity (Wildman–Crippen MR) is 64.6 cm³/mol. The van der Waals surface area contributed by atoms with Gasteiger partial charge in [-0.05, 0) is 18.2 Å². The Morgan fingerprint density at radius 3 is 2.58 bits per heavy atom. The fraction of sp³-hybridized carbons (Fsp3) is 0. The van der Waals surface area contributed by atoms with E-state index >= 15 is 0 Å². The third kappa shape index (κ3) is 2.59. The van der Waals surface area contributed by atoms with Crippen molar-refractivity contribution in [1.29, 1.82) is 10.5 Å². The molecule has 0 spiro atoms. The van der Waals surface area contributed by atoms with Crippen molar-refractivity contribution < 1.29 is 9.13 Å². The molecule has 2 N–H and O–H groups in total. The number of pyridine rings is 1. The lowest BCUT2D eigenvalue weighted by atomic mass is 10.2. The number of anilines is 1. The second kappa shape index (κ2) is 5.03. The summed E-state index contributed by atoms with van der Waals surface area (Å²) < 4.78 is 18.7.